The molecule has 1 atom stereocenters. The maximum atomic E-state index is 11.9. The van der Waals surface area contributed by atoms with Crippen LogP contribution in [0.4, 0.5) is 0 Å². The van der Waals surface area contributed by atoms with Gasteiger partial charge in [0.1, 0.15) is 0 Å². The fourth-order valence-electron chi connectivity index (χ4n) is 1.64. The molecule has 0 unspecified atom stereocenters. The fourth-order valence-corrected chi connectivity index (χ4v) is 3.45. The van der Waals surface area contributed by atoms with Gasteiger partial charge in [0.25, 0.3) is 0 Å². The van der Waals surface area contributed by atoms with Gasteiger partial charge in [-0.2, -0.15) is 0 Å². The zero-order chi connectivity index (χ0) is 13.7. The highest BCUT2D eigenvalue weighted by Crippen LogP contribution is 2.21. The number of sulfonamides is 1. The molecule has 4 nitrogen and oxygen atoms in total. The number of aliphatic hydroxyl groups is 1. The molecule has 0 saturated heterocycles. The Hall–Kier alpha value is -1.21. The Balaban J connectivity index is 1.89. The van der Waals surface area contributed by atoms with E-state index in [1.165, 1.54) is 23.5 Å². The zero-order valence-corrected chi connectivity index (χ0v) is 11.8. The molecular formula is C13H15NO3S2. The van der Waals surface area contributed by atoms with E-state index in [0.717, 1.165) is 4.88 Å². The second kappa shape index (κ2) is 6.29. The van der Waals surface area contributed by atoms with Crippen molar-refractivity contribution in [3.05, 3.63) is 52.7 Å². The summed E-state index contributed by atoms with van der Waals surface area (Å²) >= 11 is 1.46. The van der Waals surface area contributed by atoms with E-state index in [2.05, 4.69) is 4.72 Å². The van der Waals surface area contributed by atoms with Crippen molar-refractivity contribution in [3.8, 4) is 0 Å². The van der Waals surface area contributed by atoms with Crippen molar-refractivity contribution in [2.24, 2.45) is 0 Å². The normalized spacial score (nSPS) is 13.3. The minimum atomic E-state index is -3.48. The van der Waals surface area contributed by atoms with Crippen LogP contribution < -0.4 is 4.72 Å². The largest absolute Gasteiger partial charge is 0.388 e. The van der Waals surface area contributed by atoms with Crippen molar-refractivity contribution >= 4 is 21.4 Å². The molecule has 2 rings (SSSR count). The van der Waals surface area contributed by atoms with Crippen LogP contribution in [0.3, 0.4) is 0 Å². The van der Waals surface area contributed by atoms with Gasteiger partial charge < -0.3 is 5.11 Å². The van der Waals surface area contributed by atoms with E-state index in [1.54, 1.807) is 18.2 Å². The molecule has 6 heteroatoms. The maximum absolute atomic E-state index is 11.9. The lowest BCUT2D eigenvalue weighted by Gasteiger charge is -2.10. The van der Waals surface area contributed by atoms with E-state index in [4.69, 9.17) is 0 Å². The number of hydrogen-bond acceptors (Lipinski definition) is 4. The molecule has 2 aromatic rings. The first-order chi connectivity index (χ1) is 9.09. The summed E-state index contributed by atoms with van der Waals surface area (Å²) in [6.07, 6.45) is -0.273. The predicted octanol–water partition coefficient (Wildman–Crippen LogP) is 2.15. The topological polar surface area (TPSA) is 66.4 Å². The summed E-state index contributed by atoms with van der Waals surface area (Å²) < 4.78 is 26.3. The van der Waals surface area contributed by atoms with Gasteiger partial charge in [0, 0.05) is 11.4 Å². The van der Waals surface area contributed by atoms with Crippen LogP contribution in [-0.4, -0.2) is 20.1 Å². The van der Waals surface area contributed by atoms with E-state index in [9.17, 15) is 13.5 Å². The highest BCUT2D eigenvalue weighted by molar-refractivity contribution is 7.89. The lowest BCUT2D eigenvalue weighted by molar-refractivity contribution is 0.173. The van der Waals surface area contributed by atoms with Gasteiger partial charge in [-0.1, -0.05) is 24.3 Å². The van der Waals surface area contributed by atoms with Crippen LogP contribution in [0.5, 0.6) is 0 Å². The minimum Gasteiger partial charge on any atom is -0.388 e. The SMILES string of the molecule is O=S(=O)(NCC[C@H](O)c1cccs1)c1ccccc1. The summed E-state index contributed by atoms with van der Waals surface area (Å²) in [5, 5.41) is 11.7. The van der Waals surface area contributed by atoms with Crippen molar-refractivity contribution in [1.82, 2.24) is 4.72 Å². The Bertz CT molecular complexity index is 594. The number of rotatable bonds is 6. The van der Waals surface area contributed by atoms with Gasteiger partial charge in [0.2, 0.25) is 10.0 Å². The molecule has 0 spiro atoms. The van der Waals surface area contributed by atoms with Gasteiger partial charge in [0.05, 0.1) is 11.0 Å². The van der Waals surface area contributed by atoms with Crippen molar-refractivity contribution in [1.29, 1.82) is 0 Å². The molecule has 1 heterocycles. The fraction of sp³-hybridized carbons (Fsp3) is 0.231. The van der Waals surface area contributed by atoms with Crippen LogP contribution in [0, 0.1) is 0 Å². The minimum absolute atomic E-state index is 0.205. The van der Waals surface area contributed by atoms with Gasteiger partial charge in [-0.3, -0.25) is 0 Å². The molecule has 1 aromatic carbocycles. The third-order valence-electron chi connectivity index (χ3n) is 2.63. The van der Waals surface area contributed by atoms with E-state index < -0.39 is 16.1 Å². The van der Waals surface area contributed by atoms with Crippen molar-refractivity contribution in [2.45, 2.75) is 17.4 Å². The summed E-state index contributed by atoms with van der Waals surface area (Å²) in [5.74, 6) is 0. The van der Waals surface area contributed by atoms with Crippen molar-refractivity contribution in [3.63, 3.8) is 0 Å². The smallest absolute Gasteiger partial charge is 0.240 e. The van der Waals surface area contributed by atoms with E-state index in [-0.39, 0.29) is 11.4 Å². The average Bonchev–Trinajstić information content (AvgIpc) is 2.93. The van der Waals surface area contributed by atoms with E-state index in [0.29, 0.717) is 6.42 Å². The molecule has 0 amide bonds. The lowest BCUT2D eigenvalue weighted by atomic mass is 10.2. The van der Waals surface area contributed by atoms with Crippen LogP contribution in [0.15, 0.2) is 52.7 Å². The van der Waals surface area contributed by atoms with Crippen LogP contribution in [0.1, 0.15) is 17.4 Å². The van der Waals surface area contributed by atoms with Gasteiger partial charge in [-0.15, -0.1) is 11.3 Å². The third-order valence-corrected chi connectivity index (χ3v) is 5.09. The third kappa shape index (κ3) is 3.87. The second-order valence-corrected chi connectivity index (χ2v) is 6.78. The Kier molecular flexibility index (Phi) is 4.71. The lowest BCUT2D eigenvalue weighted by Crippen LogP contribution is -2.25. The second-order valence-electron chi connectivity index (χ2n) is 4.03. The molecular weight excluding hydrogens is 282 g/mol. The molecule has 0 fully saturated rings. The predicted molar refractivity (Wildman–Crippen MR) is 75.5 cm³/mol. The average molecular weight is 297 g/mol. The summed E-state index contributed by atoms with van der Waals surface area (Å²) in [4.78, 5) is 1.08. The van der Waals surface area contributed by atoms with E-state index >= 15 is 0 Å². The highest BCUT2D eigenvalue weighted by Gasteiger charge is 2.14. The Labute approximate surface area is 116 Å². The van der Waals surface area contributed by atoms with Gasteiger partial charge >= 0.3 is 0 Å². The monoisotopic (exact) mass is 297 g/mol. The number of aliphatic hydroxyl groups excluding tert-OH is 1. The first-order valence-corrected chi connectivity index (χ1v) is 8.22. The highest BCUT2D eigenvalue weighted by atomic mass is 32.2. The molecule has 0 radical (unpaired) electrons. The molecule has 102 valence electrons. The maximum Gasteiger partial charge on any atom is 0.240 e. The number of benzene rings is 1. The molecule has 2 N–H and O–H groups in total. The molecule has 1 aromatic heterocycles. The van der Waals surface area contributed by atoms with Crippen LogP contribution >= 0.6 is 11.3 Å². The molecule has 0 saturated carbocycles. The summed E-state index contributed by atoms with van der Waals surface area (Å²) in [5.41, 5.74) is 0. The Morgan fingerprint density at radius 2 is 1.89 bits per heavy atom. The summed E-state index contributed by atoms with van der Waals surface area (Å²) in [7, 11) is -3.48. The Morgan fingerprint density at radius 3 is 2.53 bits per heavy atom. The first kappa shape index (κ1) is 14.2. The van der Waals surface area contributed by atoms with Gasteiger partial charge in [-0.25, -0.2) is 13.1 Å². The number of thiophene rings is 1. The first-order valence-electron chi connectivity index (χ1n) is 5.86. The number of nitrogens with one attached hydrogen (secondary N) is 1. The van der Waals surface area contributed by atoms with Crippen molar-refractivity contribution < 1.29 is 13.5 Å². The van der Waals surface area contributed by atoms with Crippen LogP contribution in [0.2, 0.25) is 0 Å². The summed E-state index contributed by atoms with van der Waals surface area (Å²) in [6, 6.07) is 11.9. The zero-order valence-electron chi connectivity index (χ0n) is 10.2. The molecule has 0 aliphatic heterocycles. The molecule has 0 aliphatic carbocycles. The van der Waals surface area contributed by atoms with Crippen LogP contribution in [0.25, 0.3) is 0 Å². The van der Waals surface area contributed by atoms with Crippen molar-refractivity contribution in [2.75, 3.05) is 6.54 Å². The molecule has 0 bridgehead atoms. The Morgan fingerprint density at radius 1 is 1.16 bits per heavy atom. The van der Waals surface area contributed by atoms with Gasteiger partial charge in [0.15, 0.2) is 0 Å². The molecule has 19 heavy (non-hydrogen) atoms. The van der Waals surface area contributed by atoms with E-state index in [1.807, 2.05) is 17.5 Å². The standard InChI is InChI=1S/C13H15NO3S2/c15-12(13-7-4-10-18-13)8-9-14-19(16,17)11-5-2-1-3-6-11/h1-7,10,12,14-15H,8-9H2/t12-/m0/s1. The number of hydrogen-bond donors (Lipinski definition) is 2. The van der Waals surface area contributed by atoms with Gasteiger partial charge in [-0.05, 0) is 30.0 Å². The molecule has 0 aliphatic rings. The quantitative estimate of drug-likeness (QED) is 0.858. The summed E-state index contributed by atoms with van der Waals surface area (Å²) in [6.45, 7) is 0.205. The van der Waals surface area contributed by atoms with Crippen LogP contribution in [-0.2, 0) is 10.0 Å².